The number of benzene rings is 1. The van der Waals surface area contributed by atoms with E-state index in [0.29, 0.717) is 22.9 Å². The van der Waals surface area contributed by atoms with Gasteiger partial charge in [-0.15, -0.1) is 11.3 Å². The average molecular weight is 354 g/mol. The Kier molecular flexibility index (Phi) is 4.95. The molecular weight excluding hydrogens is 336 g/mol. The van der Waals surface area contributed by atoms with Crippen LogP contribution in [0.4, 0.5) is 5.13 Å². The molecule has 1 aromatic carbocycles. The number of hydrogen-bond acceptors (Lipinski definition) is 4. The van der Waals surface area contributed by atoms with E-state index >= 15 is 0 Å². The highest BCUT2D eigenvalue weighted by Gasteiger charge is 2.14. The summed E-state index contributed by atoms with van der Waals surface area (Å²) < 4.78 is 0. The third-order valence-electron chi connectivity index (χ3n) is 3.85. The van der Waals surface area contributed by atoms with E-state index in [1.54, 1.807) is 12.3 Å². The SMILES string of the molecule is CC(CC(=O)Nc1nc(-c2c[nH]c(C(N)=O)c2)cs1)c1ccccc1. The topological polar surface area (TPSA) is 101 Å². The molecule has 6 nitrogen and oxygen atoms in total. The van der Waals surface area contributed by atoms with Gasteiger partial charge in [0, 0.05) is 23.6 Å². The molecule has 2 amide bonds. The van der Waals surface area contributed by atoms with Crippen molar-refractivity contribution in [1.29, 1.82) is 0 Å². The van der Waals surface area contributed by atoms with E-state index in [-0.39, 0.29) is 11.8 Å². The molecule has 2 aromatic heterocycles. The maximum absolute atomic E-state index is 12.2. The molecule has 0 saturated carbocycles. The number of aromatic nitrogens is 2. The van der Waals surface area contributed by atoms with Gasteiger partial charge >= 0.3 is 0 Å². The summed E-state index contributed by atoms with van der Waals surface area (Å²) >= 11 is 1.34. The van der Waals surface area contributed by atoms with Crippen LogP contribution in [0.15, 0.2) is 48.0 Å². The van der Waals surface area contributed by atoms with Crippen molar-refractivity contribution < 1.29 is 9.59 Å². The molecule has 3 aromatic rings. The first-order valence-corrected chi connectivity index (χ1v) is 8.70. The second kappa shape index (κ2) is 7.31. The Morgan fingerprint density at radius 2 is 2.08 bits per heavy atom. The molecule has 1 atom stereocenters. The summed E-state index contributed by atoms with van der Waals surface area (Å²) in [5.74, 6) is -0.475. The van der Waals surface area contributed by atoms with Gasteiger partial charge in [-0.05, 0) is 17.5 Å². The molecule has 0 aliphatic heterocycles. The van der Waals surface area contributed by atoms with Gasteiger partial charge in [0.1, 0.15) is 5.69 Å². The maximum atomic E-state index is 12.2. The monoisotopic (exact) mass is 354 g/mol. The van der Waals surface area contributed by atoms with Crippen LogP contribution in [0.2, 0.25) is 0 Å². The fourth-order valence-electron chi connectivity index (χ4n) is 2.50. The van der Waals surface area contributed by atoms with E-state index in [0.717, 1.165) is 11.1 Å². The van der Waals surface area contributed by atoms with Crippen LogP contribution in [0.25, 0.3) is 11.3 Å². The molecule has 0 radical (unpaired) electrons. The number of hydrogen-bond donors (Lipinski definition) is 3. The third kappa shape index (κ3) is 4.13. The summed E-state index contributed by atoms with van der Waals surface area (Å²) in [6.45, 7) is 2.02. The summed E-state index contributed by atoms with van der Waals surface area (Å²) in [5, 5.41) is 5.18. The Morgan fingerprint density at radius 3 is 2.76 bits per heavy atom. The Balaban J connectivity index is 1.62. The standard InChI is InChI=1S/C18H18N4O2S/c1-11(12-5-3-2-4-6-12)7-16(23)22-18-21-15(10-25-18)13-8-14(17(19)24)20-9-13/h2-6,8-11,20H,7H2,1H3,(H2,19,24)(H,21,22,23). The molecule has 0 spiro atoms. The van der Waals surface area contributed by atoms with Crippen LogP contribution in [0.3, 0.4) is 0 Å². The van der Waals surface area contributed by atoms with Gasteiger partial charge in [-0.25, -0.2) is 4.98 Å². The maximum Gasteiger partial charge on any atom is 0.265 e. The van der Waals surface area contributed by atoms with Crippen LogP contribution >= 0.6 is 11.3 Å². The molecule has 0 bridgehead atoms. The molecule has 7 heteroatoms. The lowest BCUT2D eigenvalue weighted by Gasteiger charge is -2.10. The Morgan fingerprint density at radius 1 is 1.32 bits per heavy atom. The van der Waals surface area contributed by atoms with Gasteiger partial charge in [-0.2, -0.15) is 0 Å². The van der Waals surface area contributed by atoms with Crippen molar-refractivity contribution >= 4 is 28.3 Å². The molecule has 0 saturated heterocycles. The zero-order valence-electron chi connectivity index (χ0n) is 13.7. The normalized spacial score (nSPS) is 11.9. The first-order valence-electron chi connectivity index (χ1n) is 7.82. The molecule has 0 aliphatic carbocycles. The fraction of sp³-hybridized carbons (Fsp3) is 0.167. The van der Waals surface area contributed by atoms with Crippen LogP contribution < -0.4 is 11.1 Å². The molecule has 3 rings (SSSR count). The van der Waals surface area contributed by atoms with Gasteiger partial charge < -0.3 is 16.0 Å². The molecule has 2 heterocycles. The van der Waals surface area contributed by atoms with Gasteiger partial charge in [-0.1, -0.05) is 37.3 Å². The van der Waals surface area contributed by atoms with Gasteiger partial charge in [-0.3, -0.25) is 9.59 Å². The number of carbonyl (C=O) groups excluding carboxylic acids is 2. The molecule has 25 heavy (non-hydrogen) atoms. The number of rotatable bonds is 6. The van der Waals surface area contributed by atoms with Gasteiger partial charge in [0.05, 0.1) is 5.69 Å². The minimum Gasteiger partial charge on any atom is -0.364 e. The number of nitrogens with two attached hydrogens (primary N) is 1. The van der Waals surface area contributed by atoms with E-state index < -0.39 is 5.91 Å². The minimum atomic E-state index is -0.523. The average Bonchev–Trinajstić information content (AvgIpc) is 3.24. The number of nitrogens with zero attached hydrogens (tertiary/aromatic N) is 1. The predicted octanol–water partition coefficient (Wildman–Crippen LogP) is 3.37. The summed E-state index contributed by atoms with van der Waals surface area (Å²) in [5.41, 5.74) is 8.11. The van der Waals surface area contributed by atoms with Crippen LogP contribution in [0.1, 0.15) is 35.3 Å². The highest BCUT2D eigenvalue weighted by molar-refractivity contribution is 7.14. The van der Waals surface area contributed by atoms with Crippen molar-refractivity contribution in [3.8, 4) is 11.3 Å². The largest absolute Gasteiger partial charge is 0.364 e. The Bertz CT molecular complexity index is 885. The Hall–Kier alpha value is -2.93. The number of thiazole rings is 1. The Labute approximate surface area is 149 Å². The van der Waals surface area contributed by atoms with Crippen molar-refractivity contribution in [3.05, 3.63) is 59.2 Å². The lowest BCUT2D eigenvalue weighted by Crippen LogP contribution is -2.14. The van der Waals surface area contributed by atoms with E-state index in [2.05, 4.69) is 15.3 Å². The number of primary amides is 1. The van der Waals surface area contributed by atoms with Crippen LogP contribution in [0.5, 0.6) is 0 Å². The number of anilines is 1. The zero-order valence-corrected chi connectivity index (χ0v) is 14.5. The van der Waals surface area contributed by atoms with E-state index in [1.165, 1.54) is 11.3 Å². The highest BCUT2D eigenvalue weighted by Crippen LogP contribution is 2.26. The van der Waals surface area contributed by atoms with E-state index in [9.17, 15) is 9.59 Å². The number of H-pyrrole nitrogens is 1. The molecule has 4 N–H and O–H groups in total. The van der Waals surface area contributed by atoms with Crippen molar-refractivity contribution in [1.82, 2.24) is 9.97 Å². The third-order valence-corrected chi connectivity index (χ3v) is 4.61. The number of carbonyl (C=O) groups is 2. The zero-order chi connectivity index (χ0) is 17.8. The smallest absolute Gasteiger partial charge is 0.265 e. The quantitative estimate of drug-likeness (QED) is 0.632. The van der Waals surface area contributed by atoms with Crippen molar-refractivity contribution in [2.75, 3.05) is 5.32 Å². The molecule has 0 fully saturated rings. The van der Waals surface area contributed by atoms with Gasteiger partial charge in [0.15, 0.2) is 5.13 Å². The molecule has 128 valence electrons. The summed E-state index contributed by atoms with van der Waals surface area (Å²) in [6.07, 6.45) is 2.05. The van der Waals surface area contributed by atoms with Crippen molar-refractivity contribution in [2.24, 2.45) is 5.73 Å². The highest BCUT2D eigenvalue weighted by atomic mass is 32.1. The van der Waals surface area contributed by atoms with Gasteiger partial charge in [0.25, 0.3) is 5.91 Å². The second-order valence-electron chi connectivity index (χ2n) is 5.77. The van der Waals surface area contributed by atoms with Crippen molar-refractivity contribution in [2.45, 2.75) is 19.3 Å². The molecular formula is C18H18N4O2S. The summed E-state index contributed by atoms with van der Waals surface area (Å²) in [4.78, 5) is 30.5. The van der Waals surface area contributed by atoms with Crippen molar-refractivity contribution in [3.63, 3.8) is 0 Å². The summed E-state index contributed by atoms with van der Waals surface area (Å²) in [7, 11) is 0. The fourth-order valence-corrected chi connectivity index (χ4v) is 3.23. The van der Waals surface area contributed by atoms with E-state index in [4.69, 9.17) is 5.73 Å². The van der Waals surface area contributed by atoms with Crippen LogP contribution in [0, 0.1) is 0 Å². The van der Waals surface area contributed by atoms with Gasteiger partial charge in [0.2, 0.25) is 5.91 Å². The van der Waals surface area contributed by atoms with Crippen LogP contribution in [-0.2, 0) is 4.79 Å². The molecule has 1 unspecified atom stereocenters. The summed E-state index contributed by atoms with van der Waals surface area (Å²) in [6, 6.07) is 11.6. The number of aromatic amines is 1. The number of amides is 2. The predicted molar refractivity (Wildman–Crippen MR) is 98.5 cm³/mol. The van der Waals surface area contributed by atoms with E-state index in [1.807, 2.05) is 42.6 Å². The lowest BCUT2D eigenvalue weighted by molar-refractivity contribution is -0.116. The minimum absolute atomic E-state index is 0.0795. The first kappa shape index (κ1) is 16.9. The molecule has 0 aliphatic rings. The second-order valence-corrected chi connectivity index (χ2v) is 6.63. The lowest BCUT2D eigenvalue weighted by atomic mass is 9.98. The first-order chi connectivity index (χ1) is 12.0. The number of nitrogens with one attached hydrogen (secondary N) is 2. The van der Waals surface area contributed by atoms with Crippen LogP contribution in [-0.4, -0.2) is 21.8 Å².